The molecule has 0 unspecified atom stereocenters. The van der Waals surface area contributed by atoms with Crippen molar-refractivity contribution < 1.29 is 18.0 Å². The van der Waals surface area contributed by atoms with E-state index in [9.17, 15) is 18.0 Å². The molecule has 1 fully saturated rings. The molecule has 0 N–H and O–H groups in total. The van der Waals surface area contributed by atoms with Gasteiger partial charge in [0, 0.05) is 38.9 Å². The number of nitrogens with zero attached hydrogens (tertiary/aromatic N) is 4. The van der Waals surface area contributed by atoms with Crippen molar-refractivity contribution >= 4 is 5.91 Å². The summed E-state index contributed by atoms with van der Waals surface area (Å²) in [5.74, 6) is -0.205. The Morgan fingerprint density at radius 1 is 1.04 bits per heavy atom. The maximum Gasteiger partial charge on any atom is 0.435 e. The molecule has 0 atom stereocenters. The summed E-state index contributed by atoms with van der Waals surface area (Å²) in [7, 11) is 0. The minimum Gasteiger partial charge on any atom is -0.340 e. The fourth-order valence-corrected chi connectivity index (χ4v) is 3.06. The zero-order valence-electron chi connectivity index (χ0n) is 14.3. The number of benzene rings is 1. The van der Waals surface area contributed by atoms with E-state index in [4.69, 9.17) is 0 Å². The van der Waals surface area contributed by atoms with E-state index in [-0.39, 0.29) is 12.5 Å². The largest absolute Gasteiger partial charge is 0.435 e. The molecule has 0 radical (unpaired) electrons. The van der Waals surface area contributed by atoms with Gasteiger partial charge < -0.3 is 4.90 Å². The predicted molar refractivity (Wildman–Crippen MR) is 90.1 cm³/mol. The van der Waals surface area contributed by atoms with Crippen LogP contribution in [-0.4, -0.2) is 51.7 Å². The van der Waals surface area contributed by atoms with Crippen LogP contribution in [0.4, 0.5) is 13.2 Å². The summed E-state index contributed by atoms with van der Waals surface area (Å²) in [6.45, 7) is 3.47. The van der Waals surface area contributed by atoms with Gasteiger partial charge in [-0.1, -0.05) is 30.3 Å². The minimum absolute atomic E-state index is 0.172. The number of carbonyl (C=O) groups is 1. The van der Waals surface area contributed by atoms with Gasteiger partial charge in [0.2, 0.25) is 5.91 Å². The fraction of sp³-hybridized carbons (Fsp3) is 0.444. The average molecular weight is 366 g/mol. The van der Waals surface area contributed by atoms with Crippen LogP contribution >= 0.6 is 0 Å². The molecular weight excluding hydrogens is 345 g/mol. The lowest BCUT2D eigenvalue weighted by Gasteiger charge is -2.22. The van der Waals surface area contributed by atoms with Crippen LogP contribution < -0.4 is 0 Å². The number of halogens is 3. The van der Waals surface area contributed by atoms with E-state index in [0.717, 1.165) is 36.8 Å². The molecule has 3 rings (SSSR count). The summed E-state index contributed by atoms with van der Waals surface area (Å²) in [5.41, 5.74) is 0.249. The van der Waals surface area contributed by atoms with Crippen molar-refractivity contribution in [3.63, 3.8) is 0 Å². The second-order valence-corrected chi connectivity index (χ2v) is 6.39. The van der Waals surface area contributed by atoms with Crippen molar-refractivity contribution in [1.82, 2.24) is 19.6 Å². The number of hydrogen-bond acceptors (Lipinski definition) is 3. The molecule has 1 aromatic heterocycles. The molecule has 2 aromatic rings. The lowest BCUT2D eigenvalue weighted by Crippen LogP contribution is -2.37. The van der Waals surface area contributed by atoms with Gasteiger partial charge >= 0.3 is 6.18 Å². The molecule has 1 aliphatic heterocycles. The molecule has 140 valence electrons. The molecule has 8 heteroatoms. The van der Waals surface area contributed by atoms with E-state index in [0.29, 0.717) is 13.1 Å². The van der Waals surface area contributed by atoms with Crippen LogP contribution in [0.1, 0.15) is 17.7 Å². The van der Waals surface area contributed by atoms with Crippen LogP contribution in [0.2, 0.25) is 0 Å². The van der Waals surface area contributed by atoms with Crippen LogP contribution in [0.5, 0.6) is 0 Å². The van der Waals surface area contributed by atoms with Crippen LogP contribution in [-0.2, 0) is 24.1 Å². The quantitative estimate of drug-likeness (QED) is 0.835. The van der Waals surface area contributed by atoms with Gasteiger partial charge in [-0.2, -0.15) is 18.3 Å². The predicted octanol–water partition coefficient (Wildman–Crippen LogP) is 2.64. The Labute approximate surface area is 150 Å². The number of hydrogen-bond donors (Lipinski definition) is 0. The normalized spacial score (nSPS) is 16.5. The van der Waals surface area contributed by atoms with Crippen LogP contribution in [0.3, 0.4) is 0 Å². The lowest BCUT2D eigenvalue weighted by molar-refractivity contribution is -0.142. The first-order valence-electron chi connectivity index (χ1n) is 8.56. The van der Waals surface area contributed by atoms with E-state index < -0.39 is 11.9 Å². The SMILES string of the molecule is O=C(Cn1ccc(C(F)(F)F)n1)N1CCCN(Cc2ccccc2)CC1. The number of rotatable bonds is 4. The molecule has 1 aromatic carbocycles. The van der Waals surface area contributed by atoms with Crippen molar-refractivity contribution in [1.29, 1.82) is 0 Å². The van der Waals surface area contributed by atoms with E-state index in [1.54, 1.807) is 4.90 Å². The Balaban J connectivity index is 1.53. The molecule has 1 saturated heterocycles. The summed E-state index contributed by atoms with van der Waals surface area (Å²) in [6, 6.07) is 11.0. The molecule has 1 amide bonds. The Morgan fingerprint density at radius 3 is 2.50 bits per heavy atom. The van der Waals surface area contributed by atoms with Gasteiger partial charge in [-0.25, -0.2) is 0 Å². The van der Waals surface area contributed by atoms with Crippen molar-refractivity contribution in [3.8, 4) is 0 Å². The molecule has 0 bridgehead atoms. The molecule has 0 aliphatic carbocycles. The van der Waals surface area contributed by atoms with E-state index in [2.05, 4.69) is 22.1 Å². The summed E-state index contributed by atoms with van der Waals surface area (Å²) >= 11 is 0. The number of carbonyl (C=O) groups excluding carboxylic acids is 1. The Morgan fingerprint density at radius 2 is 1.81 bits per heavy atom. The highest BCUT2D eigenvalue weighted by Gasteiger charge is 2.33. The average Bonchev–Trinajstić information content (AvgIpc) is 2.95. The second-order valence-electron chi connectivity index (χ2n) is 6.39. The van der Waals surface area contributed by atoms with Crippen molar-refractivity contribution in [2.45, 2.75) is 25.7 Å². The van der Waals surface area contributed by atoms with Gasteiger partial charge in [-0.3, -0.25) is 14.4 Å². The van der Waals surface area contributed by atoms with Gasteiger partial charge in [0.15, 0.2) is 5.69 Å². The molecule has 2 heterocycles. The van der Waals surface area contributed by atoms with Gasteiger partial charge in [0.25, 0.3) is 0 Å². The fourth-order valence-electron chi connectivity index (χ4n) is 3.06. The van der Waals surface area contributed by atoms with Crippen molar-refractivity contribution in [2.75, 3.05) is 26.2 Å². The van der Waals surface area contributed by atoms with Crippen molar-refractivity contribution in [2.24, 2.45) is 0 Å². The molecule has 5 nitrogen and oxygen atoms in total. The first kappa shape index (κ1) is 18.4. The third kappa shape index (κ3) is 4.85. The third-order valence-electron chi connectivity index (χ3n) is 4.42. The first-order chi connectivity index (χ1) is 12.4. The molecule has 0 saturated carbocycles. The van der Waals surface area contributed by atoms with Crippen LogP contribution in [0, 0.1) is 0 Å². The summed E-state index contributed by atoms with van der Waals surface area (Å²) in [4.78, 5) is 16.4. The number of aromatic nitrogens is 2. The van der Waals surface area contributed by atoms with E-state index in [1.165, 1.54) is 11.8 Å². The first-order valence-corrected chi connectivity index (χ1v) is 8.56. The molecule has 26 heavy (non-hydrogen) atoms. The molecule has 0 spiro atoms. The van der Waals surface area contributed by atoms with Gasteiger partial charge in [-0.15, -0.1) is 0 Å². The molecule has 1 aliphatic rings. The van der Waals surface area contributed by atoms with E-state index in [1.807, 2.05) is 18.2 Å². The maximum absolute atomic E-state index is 12.6. The summed E-state index contributed by atoms with van der Waals surface area (Å²) in [5, 5.41) is 3.44. The smallest absolute Gasteiger partial charge is 0.340 e. The highest BCUT2D eigenvalue weighted by atomic mass is 19.4. The highest BCUT2D eigenvalue weighted by Crippen LogP contribution is 2.27. The van der Waals surface area contributed by atoms with E-state index >= 15 is 0 Å². The summed E-state index contributed by atoms with van der Waals surface area (Å²) in [6.07, 6.45) is -2.46. The lowest BCUT2D eigenvalue weighted by atomic mass is 10.2. The standard InChI is InChI=1S/C18H21F3N4O/c19-18(20,21)16-7-10-25(22-16)14-17(26)24-9-4-8-23(11-12-24)13-15-5-2-1-3-6-15/h1-3,5-7,10H,4,8-9,11-14H2. The second kappa shape index (κ2) is 7.90. The third-order valence-corrected chi connectivity index (χ3v) is 4.42. The van der Waals surface area contributed by atoms with Gasteiger partial charge in [0.05, 0.1) is 0 Å². The monoisotopic (exact) mass is 366 g/mol. The van der Waals surface area contributed by atoms with Crippen LogP contribution in [0.25, 0.3) is 0 Å². The van der Waals surface area contributed by atoms with Gasteiger partial charge in [0.1, 0.15) is 6.54 Å². The van der Waals surface area contributed by atoms with Crippen molar-refractivity contribution in [3.05, 3.63) is 53.9 Å². The topological polar surface area (TPSA) is 41.4 Å². The Kier molecular flexibility index (Phi) is 5.61. The number of amides is 1. The zero-order valence-corrected chi connectivity index (χ0v) is 14.3. The Hall–Kier alpha value is -2.35. The maximum atomic E-state index is 12.6. The highest BCUT2D eigenvalue weighted by molar-refractivity contribution is 5.75. The molecular formula is C18H21F3N4O. The number of alkyl halides is 3. The summed E-state index contributed by atoms with van der Waals surface area (Å²) < 4.78 is 38.8. The van der Waals surface area contributed by atoms with Crippen LogP contribution in [0.15, 0.2) is 42.6 Å². The van der Waals surface area contributed by atoms with Gasteiger partial charge in [-0.05, 0) is 18.1 Å². The minimum atomic E-state index is -4.49. The zero-order chi connectivity index (χ0) is 18.6. The Bertz CT molecular complexity index is 730.